The summed E-state index contributed by atoms with van der Waals surface area (Å²) in [6, 6.07) is 6.41. The molecule has 21 heavy (non-hydrogen) atoms. The molecule has 0 aliphatic carbocycles. The van der Waals surface area contributed by atoms with Gasteiger partial charge in [-0.15, -0.1) is 0 Å². The SMILES string of the molecule is O=C(O)[C@H]1c2ccccc2CCN1C(=O)[C@H]1COCCO1. The number of carbonyl (C=O) groups is 2. The zero-order valence-corrected chi connectivity index (χ0v) is 11.5. The van der Waals surface area contributed by atoms with Crippen LogP contribution in [0.25, 0.3) is 0 Å². The molecule has 2 heterocycles. The van der Waals surface area contributed by atoms with Gasteiger partial charge in [0.15, 0.2) is 12.1 Å². The molecule has 0 saturated carbocycles. The van der Waals surface area contributed by atoms with E-state index in [1.54, 1.807) is 12.1 Å². The predicted octanol–water partition coefficient (Wildman–Crippen LogP) is 0.612. The number of hydrogen-bond donors (Lipinski definition) is 1. The molecule has 0 aromatic heterocycles. The Morgan fingerprint density at radius 3 is 2.76 bits per heavy atom. The summed E-state index contributed by atoms with van der Waals surface area (Å²) in [7, 11) is 0. The van der Waals surface area contributed by atoms with Gasteiger partial charge < -0.3 is 19.5 Å². The number of aliphatic carboxylic acids is 1. The molecule has 3 rings (SSSR count). The quantitative estimate of drug-likeness (QED) is 0.864. The third-order valence-corrected chi connectivity index (χ3v) is 3.89. The molecule has 2 aliphatic rings. The van der Waals surface area contributed by atoms with Crippen LogP contribution in [-0.4, -0.2) is 54.4 Å². The lowest BCUT2D eigenvalue weighted by molar-refractivity contribution is -0.166. The number of benzene rings is 1. The fourth-order valence-electron chi connectivity index (χ4n) is 2.89. The first-order valence-corrected chi connectivity index (χ1v) is 6.99. The summed E-state index contributed by atoms with van der Waals surface area (Å²) in [5.41, 5.74) is 1.66. The summed E-state index contributed by atoms with van der Waals surface area (Å²) in [6.07, 6.45) is -0.0509. The Hall–Kier alpha value is -1.92. The van der Waals surface area contributed by atoms with Gasteiger partial charge in [-0.25, -0.2) is 4.79 Å². The number of fused-ring (bicyclic) bond motifs is 1. The van der Waals surface area contributed by atoms with E-state index in [1.165, 1.54) is 4.90 Å². The van der Waals surface area contributed by atoms with E-state index >= 15 is 0 Å². The van der Waals surface area contributed by atoms with Gasteiger partial charge in [0.2, 0.25) is 0 Å². The normalized spacial score (nSPS) is 25.2. The molecule has 0 bridgehead atoms. The van der Waals surface area contributed by atoms with Crippen LogP contribution >= 0.6 is 0 Å². The summed E-state index contributed by atoms with van der Waals surface area (Å²) in [5, 5.41) is 9.54. The lowest BCUT2D eigenvalue weighted by Crippen LogP contribution is -2.50. The monoisotopic (exact) mass is 291 g/mol. The van der Waals surface area contributed by atoms with E-state index in [9.17, 15) is 14.7 Å². The molecule has 6 heteroatoms. The molecular formula is C15H17NO5. The van der Waals surface area contributed by atoms with Gasteiger partial charge in [-0.05, 0) is 17.5 Å². The molecule has 2 atom stereocenters. The molecule has 0 spiro atoms. The maximum atomic E-state index is 12.5. The summed E-state index contributed by atoms with van der Waals surface area (Å²) >= 11 is 0. The maximum Gasteiger partial charge on any atom is 0.331 e. The summed E-state index contributed by atoms with van der Waals surface area (Å²) in [6.45, 7) is 1.39. The Balaban J connectivity index is 1.88. The van der Waals surface area contributed by atoms with E-state index in [0.29, 0.717) is 31.7 Å². The van der Waals surface area contributed by atoms with E-state index in [4.69, 9.17) is 9.47 Å². The van der Waals surface area contributed by atoms with Crippen LogP contribution in [0.2, 0.25) is 0 Å². The molecule has 0 radical (unpaired) electrons. The van der Waals surface area contributed by atoms with E-state index in [1.807, 2.05) is 12.1 Å². The van der Waals surface area contributed by atoms with Crippen molar-refractivity contribution in [2.24, 2.45) is 0 Å². The smallest absolute Gasteiger partial charge is 0.331 e. The van der Waals surface area contributed by atoms with Crippen LogP contribution in [0.15, 0.2) is 24.3 Å². The molecule has 1 N–H and O–H groups in total. The average Bonchev–Trinajstić information content (AvgIpc) is 2.53. The first kappa shape index (κ1) is 14.0. The Bertz CT molecular complexity index is 553. The number of hydrogen-bond acceptors (Lipinski definition) is 4. The Kier molecular flexibility index (Phi) is 3.90. The third-order valence-electron chi connectivity index (χ3n) is 3.89. The van der Waals surface area contributed by atoms with Gasteiger partial charge in [0.1, 0.15) is 0 Å². The average molecular weight is 291 g/mol. The Morgan fingerprint density at radius 2 is 2.05 bits per heavy atom. The van der Waals surface area contributed by atoms with Gasteiger partial charge in [-0.3, -0.25) is 4.79 Å². The fraction of sp³-hybridized carbons (Fsp3) is 0.467. The molecule has 1 aromatic rings. The lowest BCUT2D eigenvalue weighted by atomic mass is 9.92. The number of carboxylic acid groups (broad SMARTS) is 1. The van der Waals surface area contributed by atoms with E-state index in [-0.39, 0.29) is 12.5 Å². The van der Waals surface area contributed by atoms with Crippen LogP contribution in [0.1, 0.15) is 17.2 Å². The minimum absolute atomic E-state index is 0.184. The molecule has 2 aliphatic heterocycles. The van der Waals surface area contributed by atoms with Crippen molar-refractivity contribution in [2.45, 2.75) is 18.6 Å². The number of rotatable bonds is 2. The molecular weight excluding hydrogens is 274 g/mol. The van der Waals surface area contributed by atoms with Crippen LogP contribution in [0.5, 0.6) is 0 Å². The van der Waals surface area contributed by atoms with Crippen LogP contribution in [0.4, 0.5) is 0 Å². The van der Waals surface area contributed by atoms with Crippen molar-refractivity contribution >= 4 is 11.9 Å². The summed E-state index contributed by atoms with van der Waals surface area (Å²) in [5.74, 6) is -1.33. The van der Waals surface area contributed by atoms with E-state index in [0.717, 1.165) is 5.56 Å². The highest BCUT2D eigenvalue weighted by Gasteiger charge is 2.39. The summed E-state index contributed by atoms with van der Waals surface area (Å²) < 4.78 is 10.6. The minimum Gasteiger partial charge on any atom is -0.479 e. The molecule has 1 fully saturated rings. The van der Waals surface area contributed by atoms with Crippen LogP contribution in [-0.2, 0) is 25.5 Å². The topological polar surface area (TPSA) is 76.1 Å². The Morgan fingerprint density at radius 1 is 1.24 bits per heavy atom. The second kappa shape index (κ2) is 5.83. The number of nitrogens with zero attached hydrogens (tertiary/aromatic N) is 1. The van der Waals surface area contributed by atoms with Crippen molar-refractivity contribution in [3.05, 3.63) is 35.4 Å². The van der Waals surface area contributed by atoms with Crippen LogP contribution in [0, 0.1) is 0 Å². The van der Waals surface area contributed by atoms with Gasteiger partial charge >= 0.3 is 5.97 Å². The molecule has 0 unspecified atom stereocenters. The second-order valence-corrected chi connectivity index (χ2v) is 5.16. The first-order chi connectivity index (χ1) is 10.2. The number of amides is 1. The standard InChI is InChI=1S/C15H17NO5/c17-14(12-9-20-7-8-21-12)16-6-5-10-3-1-2-4-11(10)13(16)15(18)19/h1-4,12-13H,5-9H2,(H,18,19)/t12-,13-/m1/s1. The number of carbonyl (C=O) groups excluding carboxylic acids is 1. The molecule has 1 amide bonds. The van der Waals surface area contributed by atoms with Crippen LogP contribution < -0.4 is 0 Å². The largest absolute Gasteiger partial charge is 0.479 e. The molecule has 1 aromatic carbocycles. The number of carboxylic acids is 1. The highest BCUT2D eigenvalue weighted by Crippen LogP contribution is 2.30. The second-order valence-electron chi connectivity index (χ2n) is 5.16. The minimum atomic E-state index is -1.02. The van der Waals surface area contributed by atoms with Gasteiger partial charge in [0.25, 0.3) is 5.91 Å². The lowest BCUT2D eigenvalue weighted by Gasteiger charge is -2.37. The zero-order chi connectivity index (χ0) is 14.8. The maximum absolute atomic E-state index is 12.5. The highest BCUT2D eigenvalue weighted by atomic mass is 16.6. The third kappa shape index (κ3) is 2.64. The number of ether oxygens (including phenoxy) is 2. The van der Waals surface area contributed by atoms with E-state index < -0.39 is 18.1 Å². The molecule has 1 saturated heterocycles. The van der Waals surface area contributed by atoms with Crippen molar-refractivity contribution in [3.8, 4) is 0 Å². The van der Waals surface area contributed by atoms with Gasteiger partial charge in [0, 0.05) is 6.54 Å². The zero-order valence-electron chi connectivity index (χ0n) is 11.5. The van der Waals surface area contributed by atoms with E-state index in [2.05, 4.69) is 0 Å². The molecule has 6 nitrogen and oxygen atoms in total. The Labute approximate surface area is 122 Å². The van der Waals surface area contributed by atoms with Crippen LogP contribution in [0.3, 0.4) is 0 Å². The fourth-order valence-corrected chi connectivity index (χ4v) is 2.89. The van der Waals surface area contributed by atoms with Gasteiger partial charge in [-0.2, -0.15) is 0 Å². The molecule has 112 valence electrons. The van der Waals surface area contributed by atoms with Crippen molar-refractivity contribution in [1.82, 2.24) is 4.90 Å². The van der Waals surface area contributed by atoms with Gasteiger partial charge in [0.05, 0.1) is 19.8 Å². The van der Waals surface area contributed by atoms with Crippen molar-refractivity contribution < 1.29 is 24.2 Å². The highest BCUT2D eigenvalue weighted by molar-refractivity contribution is 5.88. The predicted molar refractivity (Wildman–Crippen MR) is 72.8 cm³/mol. The summed E-state index contributed by atoms with van der Waals surface area (Å²) in [4.78, 5) is 25.6. The van der Waals surface area contributed by atoms with Crippen molar-refractivity contribution in [2.75, 3.05) is 26.4 Å². The van der Waals surface area contributed by atoms with Gasteiger partial charge in [-0.1, -0.05) is 24.3 Å². The first-order valence-electron chi connectivity index (χ1n) is 6.99. The van der Waals surface area contributed by atoms with Crippen molar-refractivity contribution in [3.63, 3.8) is 0 Å². The van der Waals surface area contributed by atoms with Crippen molar-refractivity contribution in [1.29, 1.82) is 0 Å².